The molecule has 0 amide bonds. The molecule has 1 atom stereocenters. The molecule has 28 heavy (non-hydrogen) atoms. The maximum Gasteiger partial charge on any atom is 0.140 e. The lowest BCUT2D eigenvalue weighted by Crippen LogP contribution is -2.31. The minimum absolute atomic E-state index is 0.138. The van der Waals surface area contributed by atoms with Crippen molar-refractivity contribution in [2.45, 2.75) is 52.2 Å². The van der Waals surface area contributed by atoms with E-state index in [-0.39, 0.29) is 6.10 Å². The Labute approximate surface area is 167 Å². The van der Waals surface area contributed by atoms with Crippen LogP contribution in [0.1, 0.15) is 40.0 Å². The topological polar surface area (TPSA) is 63.5 Å². The summed E-state index contributed by atoms with van der Waals surface area (Å²) in [5, 5.41) is 6.84. The van der Waals surface area contributed by atoms with E-state index in [0.29, 0.717) is 6.04 Å². The molecule has 6 heteroatoms. The molecule has 3 heterocycles. The fourth-order valence-corrected chi connectivity index (χ4v) is 3.29. The first kappa shape index (κ1) is 20.1. The predicted molar refractivity (Wildman–Crippen MR) is 115 cm³/mol. The van der Waals surface area contributed by atoms with Crippen molar-refractivity contribution < 1.29 is 4.74 Å². The molecule has 0 aromatic carbocycles. The maximum absolute atomic E-state index is 5.77. The van der Waals surface area contributed by atoms with Gasteiger partial charge >= 0.3 is 0 Å². The van der Waals surface area contributed by atoms with Crippen LogP contribution in [0.2, 0.25) is 0 Å². The summed E-state index contributed by atoms with van der Waals surface area (Å²) in [5.41, 5.74) is 2.71. The molecule has 0 aliphatic rings. The zero-order chi connectivity index (χ0) is 19.9. The number of fused-ring (bicyclic) bond motifs is 1. The van der Waals surface area contributed by atoms with Crippen LogP contribution in [-0.4, -0.2) is 40.1 Å². The Morgan fingerprint density at radius 3 is 2.82 bits per heavy atom. The molecule has 0 fully saturated rings. The zero-order valence-corrected chi connectivity index (χ0v) is 17.3. The van der Waals surface area contributed by atoms with Crippen molar-refractivity contribution in [3.63, 3.8) is 0 Å². The average Bonchev–Trinajstić information content (AvgIpc) is 3.09. The summed E-state index contributed by atoms with van der Waals surface area (Å²) < 4.78 is 7.81. The molecule has 6 nitrogen and oxygen atoms in total. The van der Waals surface area contributed by atoms with E-state index < -0.39 is 0 Å². The summed E-state index contributed by atoms with van der Waals surface area (Å²) in [7, 11) is 1.99. The Kier molecular flexibility index (Phi) is 6.87. The van der Waals surface area contributed by atoms with E-state index in [2.05, 4.69) is 22.5 Å². The van der Waals surface area contributed by atoms with Crippen molar-refractivity contribution in [1.29, 1.82) is 0 Å². The van der Waals surface area contributed by atoms with E-state index in [4.69, 9.17) is 9.72 Å². The van der Waals surface area contributed by atoms with Crippen molar-refractivity contribution in [3.05, 3.63) is 42.7 Å². The Morgan fingerprint density at radius 1 is 1.21 bits per heavy atom. The Bertz CT molecular complexity index is 890. The molecule has 1 unspecified atom stereocenters. The van der Waals surface area contributed by atoms with E-state index in [1.165, 1.54) is 12.8 Å². The molecule has 3 rings (SSSR count). The number of ether oxygens (including phenoxy) is 1. The third-order valence-corrected chi connectivity index (χ3v) is 4.58. The lowest BCUT2D eigenvalue weighted by molar-refractivity contribution is 0.242. The van der Waals surface area contributed by atoms with Crippen LogP contribution in [-0.2, 0) is 0 Å². The van der Waals surface area contributed by atoms with Crippen molar-refractivity contribution in [3.8, 4) is 17.1 Å². The summed E-state index contributed by atoms with van der Waals surface area (Å²) in [5.74, 6) is 1.72. The van der Waals surface area contributed by atoms with Crippen molar-refractivity contribution >= 4 is 11.5 Å². The molecule has 0 aliphatic heterocycles. The number of nitrogens with zero attached hydrogens (tertiary/aromatic N) is 3. The number of rotatable bonds is 10. The first-order valence-corrected chi connectivity index (χ1v) is 10.1. The van der Waals surface area contributed by atoms with Gasteiger partial charge in [0, 0.05) is 24.8 Å². The highest BCUT2D eigenvalue weighted by Gasteiger charge is 2.12. The Balaban J connectivity index is 1.83. The van der Waals surface area contributed by atoms with Gasteiger partial charge < -0.3 is 15.4 Å². The van der Waals surface area contributed by atoms with Crippen LogP contribution < -0.4 is 15.4 Å². The standard InChI is InChI=1S/C22H31N5O/c1-5-6-8-17(14-23-4)25-21-10-7-9-19(26-21)20-15-24-22-13-18(28-16(2)3)11-12-27(20)22/h7,9-13,15-17,23H,5-6,8,14H2,1-4H3,(H,25,26). The molecule has 2 N–H and O–H groups in total. The minimum atomic E-state index is 0.138. The van der Waals surface area contributed by atoms with Gasteiger partial charge in [0.15, 0.2) is 0 Å². The van der Waals surface area contributed by atoms with Crippen LogP contribution in [0.15, 0.2) is 42.7 Å². The molecular weight excluding hydrogens is 350 g/mol. The van der Waals surface area contributed by atoms with Gasteiger partial charge in [0.1, 0.15) is 17.2 Å². The van der Waals surface area contributed by atoms with Gasteiger partial charge in [-0.25, -0.2) is 9.97 Å². The number of likely N-dealkylation sites (N-methyl/N-ethyl adjacent to an activating group) is 1. The number of imidazole rings is 1. The summed E-state index contributed by atoms with van der Waals surface area (Å²) in [6, 6.07) is 10.4. The first-order chi connectivity index (χ1) is 13.6. The number of anilines is 1. The molecule has 3 aromatic rings. The van der Waals surface area contributed by atoms with Gasteiger partial charge in [-0.2, -0.15) is 0 Å². The second kappa shape index (κ2) is 9.55. The lowest BCUT2D eigenvalue weighted by atomic mass is 10.1. The molecule has 3 aromatic heterocycles. The largest absolute Gasteiger partial charge is 0.491 e. The second-order valence-corrected chi connectivity index (χ2v) is 7.35. The Morgan fingerprint density at radius 2 is 2.07 bits per heavy atom. The quantitative estimate of drug-likeness (QED) is 0.546. The van der Waals surface area contributed by atoms with E-state index in [9.17, 15) is 0 Å². The summed E-state index contributed by atoms with van der Waals surface area (Å²) >= 11 is 0. The number of hydrogen-bond donors (Lipinski definition) is 2. The van der Waals surface area contributed by atoms with E-state index in [0.717, 1.165) is 41.6 Å². The second-order valence-electron chi connectivity index (χ2n) is 7.35. The van der Waals surface area contributed by atoms with Crippen LogP contribution in [0.3, 0.4) is 0 Å². The van der Waals surface area contributed by atoms with Gasteiger partial charge in [-0.05, 0) is 45.5 Å². The smallest absolute Gasteiger partial charge is 0.140 e. The lowest BCUT2D eigenvalue weighted by Gasteiger charge is -2.19. The Hall–Kier alpha value is -2.60. The number of pyridine rings is 2. The summed E-state index contributed by atoms with van der Waals surface area (Å²) in [6.07, 6.45) is 7.51. The maximum atomic E-state index is 5.77. The third-order valence-electron chi connectivity index (χ3n) is 4.58. The van der Waals surface area contributed by atoms with Crippen LogP contribution in [0.25, 0.3) is 17.0 Å². The first-order valence-electron chi connectivity index (χ1n) is 10.1. The molecule has 0 spiro atoms. The van der Waals surface area contributed by atoms with Gasteiger partial charge in [0.2, 0.25) is 0 Å². The predicted octanol–water partition coefficient (Wildman–Crippen LogP) is 4.37. The van der Waals surface area contributed by atoms with E-state index in [1.54, 1.807) is 0 Å². The van der Waals surface area contributed by atoms with Crippen LogP contribution in [0.4, 0.5) is 5.82 Å². The summed E-state index contributed by atoms with van der Waals surface area (Å²) in [4.78, 5) is 9.37. The molecule has 0 saturated carbocycles. The fourth-order valence-electron chi connectivity index (χ4n) is 3.29. The number of nitrogens with one attached hydrogen (secondary N) is 2. The number of unbranched alkanes of at least 4 members (excludes halogenated alkanes) is 1. The van der Waals surface area contributed by atoms with Crippen LogP contribution in [0, 0.1) is 0 Å². The van der Waals surface area contributed by atoms with Crippen LogP contribution >= 0.6 is 0 Å². The van der Waals surface area contributed by atoms with Crippen LogP contribution in [0.5, 0.6) is 5.75 Å². The third kappa shape index (κ3) is 5.01. The van der Waals surface area contributed by atoms with Crippen molar-refractivity contribution in [1.82, 2.24) is 19.7 Å². The average molecular weight is 382 g/mol. The zero-order valence-electron chi connectivity index (χ0n) is 17.3. The molecular formula is C22H31N5O. The number of hydrogen-bond acceptors (Lipinski definition) is 5. The number of aromatic nitrogens is 3. The van der Waals surface area contributed by atoms with Gasteiger partial charge in [-0.15, -0.1) is 0 Å². The molecule has 0 bridgehead atoms. The van der Waals surface area contributed by atoms with Gasteiger partial charge in [-0.3, -0.25) is 4.40 Å². The molecule has 0 saturated heterocycles. The van der Waals surface area contributed by atoms with Gasteiger partial charge in [0.05, 0.1) is 23.7 Å². The normalized spacial score (nSPS) is 12.5. The van der Waals surface area contributed by atoms with Gasteiger partial charge in [-0.1, -0.05) is 25.8 Å². The SMILES string of the molecule is CCCCC(CNC)Nc1cccc(-c2cnc3cc(OC(C)C)ccn23)n1. The van der Waals surface area contributed by atoms with Gasteiger partial charge in [0.25, 0.3) is 0 Å². The highest BCUT2D eigenvalue weighted by molar-refractivity contribution is 5.62. The molecule has 150 valence electrons. The fraction of sp³-hybridized carbons (Fsp3) is 0.455. The van der Waals surface area contributed by atoms with E-state index in [1.807, 2.05) is 68.0 Å². The van der Waals surface area contributed by atoms with E-state index >= 15 is 0 Å². The minimum Gasteiger partial charge on any atom is -0.491 e. The highest BCUT2D eigenvalue weighted by atomic mass is 16.5. The van der Waals surface area contributed by atoms with Crippen molar-refractivity contribution in [2.75, 3.05) is 18.9 Å². The summed E-state index contributed by atoms with van der Waals surface area (Å²) in [6.45, 7) is 7.18. The molecule has 0 aliphatic carbocycles. The highest BCUT2D eigenvalue weighted by Crippen LogP contribution is 2.23. The molecule has 0 radical (unpaired) electrons. The van der Waals surface area contributed by atoms with Crippen molar-refractivity contribution in [2.24, 2.45) is 0 Å². The monoisotopic (exact) mass is 381 g/mol.